The molecule has 3 aromatic rings. The summed E-state index contributed by atoms with van der Waals surface area (Å²) in [5.74, 6) is 0.130. The zero-order valence-corrected chi connectivity index (χ0v) is 17.4. The largest absolute Gasteiger partial charge is 0.339 e. The number of piperazine rings is 1. The average Bonchev–Trinajstić information content (AvgIpc) is 3.17. The summed E-state index contributed by atoms with van der Waals surface area (Å²) in [6, 6.07) is 16.0. The molecular weight excluding hydrogens is 382 g/mol. The maximum absolute atomic E-state index is 12.8. The Labute approximate surface area is 174 Å². The lowest BCUT2D eigenvalue weighted by molar-refractivity contribution is -0.131. The van der Waals surface area contributed by atoms with Crippen molar-refractivity contribution in [1.82, 2.24) is 9.80 Å². The van der Waals surface area contributed by atoms with Gasteiger partial charge in [0.15, 0.2) is 0 Å². The molecule has 3 amide bonds. The summed E-state index contributed by atoms with van der Waals surface area (Å²) in [6.07, 6.45) is 1.29. The Kier molecular flexibility index (Phi) is 5.81. The van der Waals surface area contributed by atoms with Crippen LogP contribution >= 0.6 is 11.3 Å². The van der Waals surface area contributed by atoms with Gasteiger partial charge >= 0.3 is 6.03 Å². The van der Waals surface area contributed by atoms with Gasteiger partial charge in [0.2, 0.25) is 5.91 Å². The number of urea groups is 1. The molecule has 29 heavy (non-hydrogen) atoms. The van der Waals surface area contributed by atoms with Crippen molar-refractivity contribution in [3.05, 3.63) is 65.0 Å². The Morgan fingerprint density at radius 2 is 1.62 bits per heavy atom. The van der Waals surface area contributed by atoms with Crippen LogP contribution in [0.15, 0.2) is 53.9 Å². The number of rotatable bonds is 4. The van der Waals surface area contributed by atoms with E-state index in [9.17, 15) is 9.59 Å². The molecule has 1 N–H and O–H groups in total. The van der Waals surface area contributed by atoms with Crippen molar-refractivity contribution in [1.29, 1.82) is 0 Å². The molecule has 1 aromatic heterocycles. The van der Waals surface area contributed by atoms with Crippen molar-refractivity contribution in [2.24, 2.45) is 0 Å². The number of nitrogens with one attached hydrogen (secondary N) is 1. The lowest BCUT2D eigenvalue weighted by atomic mass is 10.1. The van der Waals surface area contributed by atoms with Crippen molar-refractivity contribution in [3.8, 4) is 0 Å². The topological polar surface area (TPSA) is 52.7 Å². The quantitative estimate of drug-likeness (QED) is 0.698. The average molecular weight is 408 g/mol. The van der Waals surface area contributed by atoms with Gasteiger partial charge in [0.1, 0.15) is 0 Å². The molecule has 2 heterocycles. The van der Waals surface area contributed by atoms with E-state index in [1.54, 1.807) is 16.2 Å². The number of benzene rings is 2. The Morgan fingerprint density at radius 1 is 0.931 bits per heavy atom. The highest BCUT2D eigenvalue weighted by Gasteiger charge is 2.25. The van der Waals surface area contributed by atoms with Gasteiger partial charge in [-0.15, -0.1) is 11.3 Å². The first-order valence-corrected chi connectivity index (χ1v) is 10.9. The van der Waals surface area contributed by atoms with E-state index >= 15 is 0 Å². The first kappa shape index (κ1) is 19.5. The molecule has 5 nitrogen and oxygen atoms in total. The second kappa shape index (κ2) is 8.66. The predicted octanol–water partition coefficient (Wildman–Crippen LogP) is 4.38. The molecule has 0 radical (unpaired) electrons. The van der Waals surface area contributed by atoms with Gasteiger partial charge in [0, 0.05) is 36.6 Å². The molecule has 1 aliphatic heterocycles. The van der Waals surface area contributed by atoms with Crippen LogP contribution in [0.5, 0.6) is 0 Å². The van der Waals surface area contributed by atoms with Crippen LogP contribution in [0.2, 0.25) is 0 Å². The molecule has 1 fully saturated rings. The summed E-state index contributed by atoms with van der Waals surface area (Å²) in [5, 5.41) is 6.26. The van der Waals surface area contributed by atoms with Crippen LogP contribution in [-0.4, -0.2) is 47.9 Å². The van der Waals surface area contributed by atoms with Crippen molar-refractivity contribution in [3.63, 3.8) is 0 Å². The van der Waals surface area contributed by atoms with Gasteiger partial charge in [-0.25, -0.2) is 4.79 Å². The molecule has 1 saturated heterocycles. The minimum Gasteiger partial charge on any atom is -0.339 e. The van der Waals surface area contributed by atoms with Gasteiger partial charge < -0.3 is 15.1 Å². The minimum absolute atomic E-state index is 0.0955. The smallest absolute Gasteiger partial charge is 0.321 e. The molecule has 0 unspecified atom stereocenters. The fraction of sp³-hybridized carbons (Fsp3) is 0.304. The van der Waals surface area contributed by atoms with Crippen LogP contribution in [0.25, 0.3) is 10.1 Å². The molecule has 0 bridgehead atoms. The van der Waals surface area contributed by atoms with E-state index in [0.717, 1.165) is 23.2 Å². The van der Waals surface area contributed by atoms with Gasteiger partial charge in [-0.3, -0.25) is 4.79 Å². The van der Waals surface area contributed by atoms with Gasteiger partial charge in [-0.1, -0.05) is 43.3 Å². The van der Waals surface area contributed by atoms with Crippen molar-refractivity contribution < 1.29 is 9.59 Å². The third-order valence-electron chi connectivity index (χ3n) is 5.46. The molecular formula is C23H25N3O2S. The third kappa shape index (κ3) is 4.27. The maximum Gasteiger partial charge on any atom is 0.321 e. The number of carbonyl (C=O) groups is 2. The van der Waals surface area contributed by atoms with Gasteiger partial charge in [0.25, 0.3) is 0 Å². The highest BCUT2D eigenvalue weighted by molar-refractivity contribution is 7.17. The highest BCUT2D eigenvalue weighted by Crippen LogP contribution is 2.26. The lowest BCUT2D eigenvalue weighted by Crippen LogP contribution is -2.52. The van der Waals surface area contributed by atoms with E-state index in [4.69, 9.17) is 0 Å². The number of amides is 3. The van der Waals surface area contributed by atoms with E-state index in [2.05, 4.69) is 29.8 Å². The fourth-order valence-electron chi connectivity index (χ4n) is 3.75. The highest BCUT2D eigenvalue weighted by atomic mass is 32.1. The molecule has 1 aliphatic rings. The van der Waals surface area contributed by atoms with Crippen LogP contribution in [0.3, 0.4) is 0 Å². The first-order valence-electron chi connectivity index (χ1n) is 10.0. The second-order valence-electron chi connectivity index (χ2n) is 7.24. The summed E-state index contributed by atoms with van der Waals surface area (Å²) in [6.45, 7) is 4.33. The SMILES string of the molecule is CCc1ccccc1NC(=O)N1CCN(C(=O)Cc2csc3ccccc23)CC1. The van der Waals surface area contributed by atoms with Crippen molar-refractivity contribution in [2.45, 2.75) is 19.8 Å². The molecule has 4 rings (SSSR count). The standard InChI is InChI=1S/C23H25N3O2S/c1-2-17-7-3-5-9-20(17)24-23(28)26-13-11-25(12-14-26)22(27)15-18-16-29-21-10-6-4-8-19(18)21/h3-10,16H,2,11-15H2,1H3,(H,24,28). The Balaban J connectivity index is 1.33. The number of fused-ring (bicyclic) bond motifs is 1. The number of carbonyl (C=O) groups excluding carboxylic acids is 2. The van der Waals surface area contributed by atoms with Gasteiger partial charge in [-0.05, 0) is 40.4 Å². The Hall–Kier alpha value is -2.86. The summed E-state index contributed by atoms with van der Waals surface area (Å²) in [7, 11) is 0. The van der Waals surface area contributed by atoms with Crippen molar-refractivity contribution >= 4 is 39.0 Å². The summed E-state index contributed by atoms with van der Waals surface area (Å²) < 4.78 is 1.21. The number of para-hydroxylation sites is 1. The summed E-state index contributed by atoms with van der Waals surface area (Å²) >= 11 is 1.68. The van der Waals surface area contributed by atoms with Crippen LogP contribution in [0, 0.1) is 0 Å². The van der Waals surface area contributed by atoms with E-state index in [0.29, 0.717) is 32.6 Å². The van der Waals surface area contributed by atoms with E-state index in [1.165, 1.54) is 10.1 Å². The van der Waals surface area contributed by atoms with Gasteiger partial charge in [-0.2, -0.15) is 0 Å². The summed E-state index contributed by atoms with van der Waals surface area (Å²) in [4.78, 5) is 29.1. The van der Waals surface area contributed by atoms with E-state index in [-0.39, 0.29) is 11.9 Å². The van der Waals surface area contributed by atoms with Crippen LogP contribution in [0.4, 0.5) is 10.5 Å². The molecule has 0 aliphatic carbocycles. The molecule has 6 heteroatoms. The van der Waals surface area contributed by atoms with E-state index in [1.807, 2.05) is 41.3 Å². The predicted molar refractivity (Wildman–Crippen MR) is 119 cm³/mol. The fourth-order valence-corrected chi connectivity index (χ4v) is 4.71. The number of aryl methyl sites for hydroxylation is 1. The number of hydrogen-bond acceptors (Lipinski definition) is 3. The van der Waals surface area contributed by atoms with Crippen LogP contribution in [-0.2, 0) is 17.6 Å². The number of nitrogens with zero attached hydrogens (tertiary/aromatic N) is 2. The summed E-state index contributed by atoms with van der Waals surface area (Å²) in [5.41, 5.74) is 3.08. The second-order valence-corrected chi connectivity index (χ2v) is 8.15. The van der Waals surface area contributed by atoms with E-state index < -0.39 is 0 Å². The molecule has 0 spiro atoms. The normalized spacial score (nSPS) is 14.2. The monoisotopic (exact) mass is 407 g/mol. The Morgan fingerprint density at radius 3 is 2.41 bits per heavy atom. The zero-order valence-electron chi connectivity index (χ0n) is 16.6. The molecule has 2 aromatic carbocycles. The first-order chi connectivity index (χ1) is 14.2. The number of thiophene rings is 1. The zero-order chi connectivity index (χ0) is 20.2. The lowest BCUT2D eigenvalue weighted by Gasteiger charge is -2.35. The number of anilines is 1. The number of hydrogen-bond donors (Lipinski definition) is 1. The van der Waals surface area contributed by atoms with Gasteiger partial charge in [0.05, 0.1) is 6.42 Å². The Bertz CT molecular complexity index is 1020. The third-order valence-corrected chi connectivity index (χ3v) is 6.47. The molecule has 0 atom stereocenters. The van der Waals surface area contributed by atoms with Crippen LogP contribution in [0.1, 0.15) is 18.1 Å². The minimum atomic E-state index is -0.0955. The molecule has 0 saturated carbocycles. The molecule has 150 valence electrons. The van der Waals surface area contributed by atoms with Crippen molar-refractivity contribution in [2.75, 3.05) is 31.5 Å². The van der Waals surface area contributed by atoms with Crippen LogP contribution < -0.4 is 5.32 Å². The maximum atomic E-state index is 12.8.